The summed E-state index contributed by atoms with van der Waals surface area (Å²) in [5, 5.41) is 8.23. The number of carboxylic acids is 1. The van der Waals surface area contributed by atoms with Crippen molar-refractivity contribution in [1.82, 2.24) is 0 Å². The summed E-state index contributed by atoms with van der Waals surface area (Å²) in [4.78, 5) is 10.0. The van der Waals surface area contributed by atoms with E-state index in [9.17, 15) is 4.79 Å². The van der Waals surface area contributed by atoms with Gasteiger partial charge in [0, 0.05) is 0 Å². The third kappa shape index (κ3) is 5.15. The van der Waals surface area contributed by atoms with Gasteiger partial charge >= 0.3 is 43.7 Å². The molecule has 0 rings (SSSR count). The molecule has 3 N–H and O–H groups in total. The first-order valence-corrected chi connectivity index (χ1v) is 2.54. The van der Waals surface area contributed by atoms with Crippen molar-refractivity contribution in [3.8, 4) is 0 Å². The Morgan fingerprint density at radius 2 is 2.00 bits per heavy atom. The van der Waals surface area contributed by atoms with Crippen molar-refractivity contribution < 1.29 is 12.8 Å². The quantitative estimate of drug-likeness (QED) is 0.553. The second-order valence-electron chi connectivity index (χ2n) is 2.11. The van der Waals surface area contributed by atoms with E-state index in [1.807, 2.05) is 0 Å². The number of nitrogens with two attached hydrogens (primary N) is 1. The average molecular weight is 159 g/mol. The molecule has 0 heterocycles. The molecule has 3 nitrogen and oxygen atoms in total. The van der Waals surface area contributed by atoms with E-state index in [1.165, 1.54) is 0 Å². The number of rotatable bonds is 2. The maximum Gasteiger partial charge on any atom is 2.00 e. The minimum absolute atomic E-state index is 0. The maximum absolute atomic E-state index is 10.0. The second kappa shape index (κ2) is 5.47. The van der Waals surface area contributed by atoms with Gasteiger partial charge in [-0.05, 0) is 5.92 Å². The number of carbonyl (C=O) groups is 1. The summed E-state index contributed by atoms with van der Waals surface area (Å²) in [6.07, 6.45) is 0. The van der Waals surface area contributed by atoms with Crippen molar-refractivity contribution in [3.05, 3.63) is 0 Å². The Morgan fingerprint density at radius 3 is 2.00 bits per heavy atom. The van der Waals surface area contributed by atoms with Crippen molar-refractivity contribution in [2.24, 2.45) is 11.7 Å². The van der Waals surface area contributed by atoms with Crippen LogP contribution in [0.5, 0.6) is 0 Å². The van der Waals surface area contributed by atoms with Crippen LogP contribution in [0.2, 0.25) is 0 Å². The molecule has 0 saturated carbocycles. The van der Waals surface area contributed by atoms with Gasteiger partial charge in [-0.25, -0.2) is 0 Å². The predicted octanol–water partition coefficient (Wildman–Crippen LogP) is -0.102. The van der Waals surface area contributed by atoms with E-state index >= 15 is 0 Å². The number of carboxylic acid groups (broad SMARTS) is 1. The second-order valence-corrected chi connectivity index (χ2v) is 2.11. The minimum Gasteiger partial charge on any atom is -1.00 e. The molecule has 0 spiro atoms. The molecule has 0 aromatic rings. The van der Waals surface area contributed by atoms with Crippen molar-refractivity contribution in [1.29, 1.82) is 0 Å². The molecule has 4 heteroatoms. The smallest absolute Gasteiger partial charge is 1.00 e. The molecule has 0 fully saturated rings. The van der Waals surface area contributed by atoms with E-state index in [0.29, 0.717) is 0 Å². The van der Waals surface area contributed by atoms with Crippen LogP contribution in [0.25, 0.3) is 0 Å². The van der Waals surface area contributed by atoms with Crippen molar-refractivity contribution >= 4 is 43.7 Å². The molecule has 0 aromatic heterocycles. The van der Waals surface area contributed by atoms with Crippen molar-refractivity contribution in [2.45, 2.75) is 19.9 Å². The third-order valence-corrected chi connectivity index (χ3v) is 1.00. The molecular formula is C5H13CaNO2. The maximum atomic E-state index is 10.0. The summed E-state index contributed by atoms with van der Waals surface area (Å²) in [7, 11) is 0. The van der Waals surface area contributed by atoms with Gasteiger partial charge in [-0.1, -0.05) is 13.8 Å². The van der Waals surface area contributed by atoms with Gasteiger partial charge in [0.15, 0.2) is 0 Å². The zero-order valence-corrected chi connectivity index (χ0v) is 8.00. The number of hydrogen-bond acceptors (Lipinski definition) is 2. The normalized spacial score (nSPS) is 12.4. The van der Waals surface area contributed by atoms with Crippen LogP contribution in [0.4, 0.5) is 0 Å². The van der Waals surface area contributed by atoms with Crippen molar-refractivity contribution in [2.75, 3.05) is 0 Å². The third-order valence-electron chi connectivity index (χ3n) is 1.00. The predicted molar refractivity (Wildman–Crippen MR) is 38.4 cm³/mol. The van der Waals surface area contributed by atoms with Crippen LogP contribution in [-0.4, -0.2) is 54.9 Å². The van der Waals surface area contributed by atoms with Gasteiger partial charge in [-0.2, -0.15) is 0 Å². The number of hydrogen-bond donors (Lipinski definition) is 2. The van der Waals surface area contributed by atoms with Gasteiger partial charge in [0.05, 0.1) is 0 Å². The molecular weight excluding hydrogens is 146 g/mol. The first kappa shape index (κ1) is 12.4. The molecule has 0 amide bonds. The molecule has 0 aliphatic carbocycles. The summed E-state index contributed by atoms with van der Waals surface area (Å²) in [5.74, 6) is -0.910. The molecule has 1 atom stereocenters. The van der Waals surface area contributed by atoms with E-state index in [1.54, 1.807) is 13.8 Å². The average Bonchev–Trinajstić information content (AvgIpc) is 1.64. The van der Waals surface area contributed by atoms with Gasteiger partial charge in [-0.3, -0.25) is 4.79 Å². The van der Waals surface area contributed by atoms with E-state index in [2.05, 4.69) is 0 Å². The Morgan fingerprint density at radius 1 is 1.67 bits per heavy atom. The molecule has 9 heavy (non-hydrogen) atoms. The van der Waals surface area contributed by atoms with Crippen LogP contribution in [0.3, 0.4) is 0 Å². The van der Waals surface area contributed by atoms with Gasteiger partial charge < -0.3 is 13.7 Å². The Hall–Kier alpha value is 0.690. The molecule has 1 unspecified atom stereocenters. The monoisotopic (exact) mass is 159 g/mol. The number of aliphatic carboxylic acids is 1. The summed E-state index contributed by atoms with van der Waals surface area (Å²) in [5.41, 5.74) is 5.16. The largest absolute Gasteiger partial charge is 2.00 e. The summed E-state index contributed by atoms with van der Waals surface area (Å²) in [6.45, 7) is 3.55. The van der Waals surface area contributed by atoms with Crippen LogP contribution in [0.1, 0.15) is 16.7 Å². The van der Waals surface area contributed by atoms with Gasteiger partial charge in [-0.15, -0.1) is 0 Å². The summed E-state index contributed by atoms with van der Waals surface area (Å²) in [6, 6.07) is -0.713. The van der Waals surface area contributed by atoms with E-state index in [-0.39, 0.29) is 46.5 Å². The first-order chi connectivity index (χ1) is 3.55. The van der Waals surface area contributed by atoms with Crippen LogP contribution >= 0.6 is 0 Å². The fraction of sp³-hybridized carbons (Fsp3) is 0.800. The van der Waals surface area contributed by atoms with Crippen molar-refractivity contribution in [3.63, 3.8) is 0 Å². The fourth-order valence-electron chi connectivity index (χ4n) is 0.285. The Balaban J connectivity index is -0.0000000817. The summed E-state index contributed by atoms with van der Waals surface area (Å²) >= 11 is 0. The summed E-state index contributed by atoms with van der Waals surface area (Å²) < 4.78 is 0. The van der Waals surface area contributed by atoms with Gasteiger partial charge in [0.25, 0.3) is 0 Å². The standard InChI is InChI=1S/C5H11NO2.Ca.2H/c1-3(2)4(6)5(7)8;;;/h3-4H,6H2,1-2H3,(H,7,8);;;/q;+2;2*-1. The first-order valence-electron chi connectivity index (χ1n) is 2.54. The fourth-order valence-corrected chi connectivity index (χ4v) is 0.285. The molecule has 0 aromatic carbocycles. The topological polar surface area (TPSA) is 63.3 Å². The zero-order chi connectivity index (χ0) is 6.73. The van der Waals surface area contributed by atoms with Gasteiger partial charge in [0.1, 0.15) is 6.04 Å². The van der Waals surface area contributed by atoms with E-state index in [0.717, 1.165) is 0 Å². The molecule has 0 aliphatic heterocycles. The molecule has 0 aliphatic rings. The van der Waals surface area contributed by atoms with Crippen LogP contribution in [0.15, 0.2) is 0 Å². The Bertz CT molecular complexity index is 102. The van der Waals surface area contributed by atoms with Crippen LogP contribution in [-0.2, 0) is 4.79 Å². The zero-order valence-electron chi connectivity index (χ0n) is 7.79. The molecule has 0 radical (unpaired) electrons. The molecule has 52 valence electrons. The van der Waals surface area contributed by atoms with Crippen LogP contribution < -0.4 is 5.73 Å². The minimum atomic E-state index is -0.931. The van der Waals surface area contributed by atoms with E-state index < -0.39 is 12.0 Å². The SMILES string of the molecule is CC(C)C(N)C(=O)O.[Ca+2].[H-].[H-]. The molecule has 0 saturated heterocycles. The van der Waals surface area contributed by atoms with Crippen LogP contribution in [0, 0.1) is 5.92 Å². The Labute approximate surface area is 87.6 Å². The van der Waals surface area contributed by atoms with E-state index in [4.69, 9.17) is 10.8 Å². The Kier molecular flexibility index (Phi) is 7.52. The van der Waals surface area contributed by atoms with Gasteiger partial charge in [0.2, 0.25) is 0 Å². The molecule has 0 bridgehead atoms.